The molecule has 6 nitrogen and oxygen atoms in total. The summed E-state index contributed by atoms with van der Waals surface area (Å²) in [7, 11) is 0. The fourth-order valence-electron chi connectivity index (χ4n) is 3.80. The van der Waals surface area contributed by atoms with Crippen LogP contribution in [0.1, 0.15) is 25.7 Å². The average Bonchev–Trinajstić information content (AvgIpc) is 3.30. The van der Waals surface area contributed by atoms with Crippen LogP contribution in [0.25, 0.3) is 5.69 Å². The van der Waals surface area contributed by atoms with Gasteiger partial charge in [0.2, 0.25) is 11.1 Å². The minimum Gasteiger partial charge on any atom is -0.352 e. The van der Waals surface area contributed by atoms with E-state index >= 15 is 0 Å². The monoisotopic (exact) mass is 329 g/mol. The molecule has 23 heavy (non-hydrogen) atoms. The van der Waals surface area contributed by atoms with E-state index in [0.29, 0.717) is 22.9 Å². The summed E-state index contributed by atoms with van der Waals surface area (Å²) in [6.07, 6.45) is 5.07. The topological polar surface area (TPSA) is 72.7 Å². The third-order valence-corrected chi connectivity index (χ3v) is 5.78. The van der Waals surface area contributed by atoms with Gasteiger partial charge < -0.3 is 5.32 Å². The van der Waals surface area contributed by atoms with Gasteiger partial charge in [0.15, 0.2) is 0 Å². The van der Waals surface area contributed by atoms with Gasteiger partial charge in [0.1, 0.15) is 0 Å². The number of aromatic nitrogens is 4. The first-order chi connectivity index (χ1) is 11.3. The number of nitrogens with zero attached hydrogens (tertiary/aromatic N) is 4. The Morgan fingerprint density at radius 3 is 2.87 bits per heavy atom. The normalized spacial score (nSPS) is 25.7. The number of carbonyl (C=O) groups excluding carboxylic acids is 1. The summed E-state index contributed by atoms with van der Waals surface area (Å²) in [5, 5.41) is 15.6. The molecule has 2 fully saturated rings. The Kier molecular flexibility index (Phi) is 4.03. The molecule has 120 valence electrons. The van der Waals surface area contributed by atoms with E-state index in [9.17, 15) is 4.79 Å². The molecule has 1 aromatic heterocycles. The van der Waals surface area contributed by atoms with Gasteiger partial charge in [-0.05, 0) is 53.7 Å². The van der Waals surface area contributed by atoms with E-state index in [2.05, 4.69) is 20.8 Å². The van der Waals surface area contributed by atoms with Gasteiger partial charge in [0.05, 0.1) is 11.4 Å². The number of tetrazole rings is 1. The van der Waals surface area contributed by atoms with Gasteiger partial charge in [-0.2, -0.15) is 4.68 Å². The second-order valence-electron chi connectivity index (χ2n) is 6.35. The molecule has 0 radical (unpaired) electrons. The van der Waals surface area contributed by atoms with Crippen molar-refractivity contribution in [2.75, 3.05) is 5.75 Å². The maximum Gasteiger partial charge on any atom is 0.230 e. The van der Waals surface area contributed by atoms with Gasteiger partial charge in [-0.15, -0.1) is 5.10 Å². The highest BCUT2D eigenvalue weighted by atomic mass is 32.2. The second kappa shape index (κ2) is 6.31. The van der Waals surface area contributed by atoms with Gasteiger partial charge in [-0.25, -0.2) is 0 Å². The number of fused-ring (bicyclic) bond motifs is 2. The highest BCUT2D eigenvalue weighted by Gasteiger charge is 2.40. The largest absolute Gasteiger partial charge is 0.352 e. The summed E-state index contributed by atoms with van der Waals surface area (Å²) in [4.78, 5) is 12.2. The Balaban J connectivity index is 1.35. The lowest BCUT2D eigenvalue weighted by atomic mass is 9.95. The van der Waals surface area contributed by atoms with Crippen molar-refractivity contribution in [2.45, 2.75) is 36.9 Å². The van der Waals surface area contributed by atoms with Crippen LogP contribution in [0.4, 0.5) is 0 Å². The molecule has 1 aromatic carbocycles. The standard InChI is InChI=1S/C16H19N5OS/c22-15(17-14-9-11-6-7-12(14)8-11)10-23-16-18-19-20-21(16)13-4-2-1-3-5-13/h1-5,11-12,14H,6-10H2,(H,17,22)/t11-,12+,14-/m0/s1. The number of nitrogens with one attached hydrogen (secondary N) is 1. The Labute approximate surface area is 139 Å². The molecule has 7 heteroatoms. The van der Waals surface area contributed by atoms with Crippen LogP contribution in [-0.4, -0.2) is 37.9 Å². The lowest BCUT2D eigenvalue weighted by molar-refractivity contribution is -0.119. The van der Waals surface area contributed by atoms with Crippen LogP contribution in [0.15, 0.2) is 35.5 Å². The predicted molar refractivity (Wildman–Crippen MR) is 87.3 cm³/mol. The fourth-order valence-corrected chi connectivity index (χ4v) is 4.50. The van der Waals surface area contributed by atoms with Gasteiger partial charge in [0, 0.05) is 6.04 Å². The minimum absolute atomic E-state index is 0.0789. The Morgan fingerprint density at radius 2 is 2.13 bits per heavy atom. The van der Waals surface area contributed by atoms with E-state index in [1.807, 2.05) is 30.3 Å². The lowest BCUT2D eigenvalue weighted by Crippen LogP contribution is -2.39. The number of hydrogen-bond donors (Lipinski definition) is 1. The molecule has 0 spiro atoms. The molecular formula is C16H19N5OS. The van der Waals surface area contributed by atoms with E-state index < -0.39 is 0 Å². The number of rotatable bonds is 5. The predicted octanol–water partition coefficient (Wildman–Crippen LogP) is 2.06. The number of para-hydroxylation sites is 1. The Hall–Kier alpha value is -1.89. The van der Waals surface area contributed by atoms with Crippen LogP contribution in [0.2, 0.25) is 0 Å². The van der Waals surface area contributed by atoms with E-state index in [1.54, 1.807) is 4.68 Å². The molecule has 1 N–H and O–H groups in total. The summed E-state index contributed by atoms with van der Waals surface area (Å²) in [6, 6.07) is 10.1. The highest BCUT2D eigenvalue weighted by Crippen LogP contribution is 2.44. The van der Waals surface area contributed by atoms with E-state index in [-0.39, 0.29) is 5.91 Å². The van der Waals surface area contributed by atoms with Crippen LogP contribution < -0.4 is 5.32 Å². The van der Waals surface area contributed by atoms with Crippen molar-refractivity contribution in [1.29, 1.82) is 0 Å². The number of carbonyl (C=O) groups is 1. The maximum absolute atomic E-state index is 12.2. The first-order valence-electron chi connectivity index (χ1n) is 8.05. The first kappa shape index (κ1) is 14.7. The van der Waals surface area contributed by atoms with Crippen molar-refractivity contribution in [3.63, 3.8) is 0 Å². The summed E-state index contributed by atoms with van der Waals surface area (Å²) < 4.78 is 1.66. The van der Waals surface area contributed by atoms with Gasteiger partial charge in [-0.1, -0.05) is 36.4 Å². The van der Waals surface area contributed by atoms with Crippen LogP contribution in [0.3, 0.4) is 0 Å². The molecule has 0 aliphatic heterocycles. The molecule has 3 atom stereocenters. The fraction of sp³-hybridized carbons (Fsp3) is 0.500. The molecule has 2 aliphatic carbocycles. The summed E-state index contributed by atoms with van der Waals surface area (Å²) in [6.45, 7) is 0. The molecule has 1 amide bonds. The van der Waals surface area contributed by atoms with Crippen LogP contribution in [0.5, 0.6) is 0 Å². The smallest absolute Gasteiger partial charge is 0.230 e. The Morgan fingerprint density at radius 1 is 1.26 bits per heavy atom. The molecule has 2 aliphatic rings. The molecular weight excluding hydrogens is 310 g/mol. The third kappa shape index (κ3) is 3.10. The zero-order valence-corrected chi connectivity index (χ0v) is 13.6. The van der Waals surface area contributed by atoms with Crippen molar-refractivity contribution in [2.24, 2.45) is 11.8 Å². The minimum atomic E-state index is 0.0789. The molecule has 2 bridgehead atoms. The van der Waals surface area contributed by atoms with E-state index in [4.69, 9.17) is 0 Å². The number of amides is 1. The maximum atomic E-state index is 12.2. The van der Waals surface area contributed by atoms with E-state index in [0.717, 1.165) is 18.0 Å². The summed E-state index contributed by atoms with van der Waals surface area (Å²) in [5.41, 5.74) is 0.897. The van der Waals surface area contributed by atoms with E-state index in [1.165, 1.54) is 31.0 Å². The molecule has 2 saturated carbocycles. The SMILES string of the molecule is O=C(CSc1nnnn1-c1ccccc1)N[C@H]1C[C@H]2CC[C@@H]1C2. The number of benzene rings is 1. The van der Waals surface area contributed by atoms with Crippen LogP contribution in [0, 0.1) is 11.8 Å². The lowest BCUT2D eigenvalue weighted by Gasteiger charge is -2.22. The van der Waals surface area contributed by atoms with Crippen molar-refractivity contribution in [1.82, 2.24) is 25.5 Å². The average molecular weight is 329 g/mol. The molecule has 0 saturated heterocycles. The van der Waals surface area contributed by atoms with Gasteiger partial charge >= 0.3 is 0 Å². The van der Waals surface area contributed by atoms with Gasteiger partial charge in [-0.3, -0.25) is 4.79 Å². The van der Waals surface area contributed by atoms with Gasteiger partial charge in [0.25, 0.3) is 0 Å². The third-order valence-electron chi connectivity index (χ3n) is 4.86. The van der Waals surface area contributed by atoms with Crippen LogP contribution in [-0.2, 0) is 4.79 Å². The zero-order valence-electron chi connectivity index (χ0n) is 12.8. The summed E-state index contributed by atoms with van der Waals surface area (Å²) in [5.74, 6) is 1.96. The van der Waals surface area contributed by atoms with Crippen molar-refractivity contribution in [3.05, 3.63) is 30.3 Å². The van der Waals surface area contributed by atoms with Crippen LogP contribution >= 0.6 is 11.8 Å². The second-order valence-corrected chi connectivity index (χ2v) is 7.29. The molecule has 4 rings (SSSR count). The molecule has 2 aromatic rings. The van der Waals surface area contributed by atoms with Crippen molar-refractivity contribution < 1.29 is 4.79 Å². The Bertz CT molecular complexity index is 689. The summed E-state index contributed by atoms with van der Waals surface area (Å²) >= 11 is 1.37. The van der Waals surface area contributed by atoms with Crippen molar-refractivity contribution >= 4 is 17.7 Å². The highest BCUT2D eigenvalue weighted by molar-refractivity contribution is 7.99. The molecule has 1 heterocycles. The quantitative estimate of drug-likeness (QED) is 0.850. The zero-order chi connectivity index (χ0) is 15.6. The molecule has 0 unspecified atom stereocenters. The number of thioether (sulfide) groups is 1. The first-order valence-corrected chi connectivity index (χ1v) is 9.04. The number of hydrogen-bond acceptors (Lipinski definition) is 5. The van der Waals surface area contributed by atoms with Crippen molar-refractivity contribution in [3.8, 4) is 5.69 Å².